The number of hydrogen-bond donors (Lipinski definition) is 3. The van der Waals surface area contributed by atoms with Crippen LogP contribution in [0.2, 0.25) is 0 Å². The Morgan fingerprint density at radius 3 is 2.29 bits per heavy atom. The van der Waals surface area contributed by atoms with Gasteiger partial charge < -0.3 is 5.73 Å². The van der Waals surface area contributed by atoms with Gasteiger partial charge in [-0.15, -0.1) is 5.09 Å². The predicted octanol–water partition coefficient (Wildman–Crippen LogP) is 0.242. The molecule has 0 aliphatic carbocycles. The van der Waals surface area contributed by atoms with Gasteiger partial charge in [0.15, 0.2) is 0 Å². The first-order valence-electron chi connectivity index (χ1n) is 1.35. The third-order valence-electron chi connectivity index (χ3n) is 0.206. The van der Waals surface area contributed by atoms with E-state index in [9.17, 15) is 9.36 Å². The first kappa shape index (κ1) is 6.72. The molecule has 0 aliphatic heterocycles. The summed E-state index contributed by atoms with van der Waals surface area (Å²) in [5.74, 6) is 0. The maximum atomic E-state index is 9.85. The molecular weight excluding hydrogens is 135 g/mol. The predicted molar refractivity (Wildman–Crippen MR) is 29.3 cm³/mol. The smallest absolute Gasteiger partial charge is 0.349 e. The second-order valence-corrected chi connectivity index (χ2v) is 2.61. The minimum atomic E-state index is -1.92. The zero-order chi connectivity index (χ0) is 5.86. The summed E-state index contributed by atoms with van der Waals surface area (Å²) in [7, 11) is -1.92. The molecule has 6 heteroatoms. The summed E-state index contributed by atoms with van der Waals surface area (Å²) in [5, 5.41) is 1.82. The van der Waals surface area contributed by atoms with Crippen LogP contribution in [0.15, 0.2) is 0 Å². The molecule has 7 heavy (non-hydrogen) atoms. The van der Waals surface area contributed by atoms with E-state index in [0.29, 0.717) is 0 Å². The fourth-order valence-electron chi connectivity index (χ4n) is 0.0943. The van der Waals surface area contributed by atoms with Gasteiger partial charge in [-0.25, -0.2) is 4.79 Å². The van der Waals surface area contributed by atoms with Crippen molar-refractivity contribution >= 4 is 25.4 Å². The molecular formula is CH4N2O2PS+. The number of nitrogens with two attached hydrogens (primary N) is 1. The molecule has 0 aliphatic rings. The molecule has 40 valence electrons. The van der Waals surface area contributed by atoms with Gasteiger partial charge in [0, 0.05) is 0 Å². The Morgan fingerprint density at radius 1 is 1.86 bits per heavy atom. The van der Waals surface area contributed by atoms with Crippen LogP contribution in [0.5, 0.6) is 0 Å². The normalized spacial score (nSPS) is 10.1. The summed E-state index contributed by atoms with van der Waals surface area (Å²) in [4.78, 5) is 9.69. The van der Waals surface area contributed by atoms with Gasteiger partial charge >= 0.3 is 13.2 Å². The molecule has 0 heterocycles. The SMILES string of the molecule is NC(=O)N[P+](=O)S. The molecule has 0 aromatic heterocycles. The average Bonchev–Trinajstić information content (AvgIpc) is 1.27. The zero-order valence-corrected chi connectivity index (χ0v) is 5.08. The van der Waals surface area contributed by atoms with E-state index in [2.05, 4.69) is 18.0 Å². The molecule has 0 spiro atoms. The highest BCUT2D eigenvalue weighted by molar-refractivity contribution is 8.40. The highest BCUT2D eigenvalue weighted by Crippen LogP contribution is 2.17. The lowest BCUT2D eigenvalue weighted by molar-refractivity contribution is 0.254. The zero-order valence-electron chi connectivity index (χ0n) is 3.29. The molecule has 1 atom stereocenters. The molecule has 0 saturated carbocycles. The number of urea groups is 1. The van der Waals surface area contributed by atoms with E-state index in [1.807, 2.05) is 5.09 Å². The van der Waals surface area contributed by atoms with Gasteiger partial charge in [-0.1, -0.05) is 0 Å². The Hall–Kier alpha value is -0.280. The second-order valence-electron chi connectivity index (χ2n) is 0.749. The number of primary amides is 1. The average molecular weight is 139 g/mol. The monoisotopic (exact) mass is 139 g/mol. The number of amides is 2. The van der Waals surface area contributed by atoms with Crippen LogP contribution < -0.4 is 10.8 Å². The van der Waals surface area contributed by atoms with Crippen molar-refractivity contribution in [2.45, 2.75) is 0 Å². The van der Waals surface area contributed by atoms with Gasteiger partial charge in [0.05, 0.1) is 0 Å². The first-order chi connectivity index (χ1) is 3.13. The minimum Gasteiger partial charge on any atom is -0.349 e. The molecule has 2 amide bonds. The fraction of sp³-hybridized carbons (Fsp3) is 0. The highest BCUT2D eigenvalue weighted by atomic mass is 32.7. The van der Waals surface area contributed by atoms with Crippen molar-refractivity contribution < 1.29 is 9.36 Å². The van der Waals surface area contributed by atoms with Crippen molar-refractivity contribution in [2.24, 2.45) is 5.73 Å². The fourth-order valence-corrected chi connectivity index (χ4v) is 0.578. The van der Waals surface area contributed by atoms with Gasteiger partial charge in [0.2, 0.25) is 0 Å². The summed E-state index contributed by atoms with van der Waals surface area (Å²) in [6, 6.07) is -0.823. The first-order valence-corrected chi connectivity index (χ1v) is 3.76. The van der Waals surface area contributed by atoms with Crippen molar-refractivity contribution in [3.05, 3.63) is 0 Å². The molecule has 0 aromatic carbocycles. The molecule has 1 unspecified atom stereocenters. The summed E-state index contributed by atoms with van der Waals surface area (Å²) in [6.07, 6.45) is 0. The maximum absolute atomic E-state index is 9.85. The number of nitrogens with one attached hydrogen (secondary N) is 1. The van der Waals surface area contributed by atoms with E-state index in [4.69, 9.17) is 0 Å². The van der Waals surface area contributed by atoms with Crippen LogP contribution in [0.3, 0.4) is 0 Å². The summed E-state index contributed by atoms with van der Waals surface area (Å²) in [6.45, 7) is 0. The van der Waals surface area contributed by atoms with Gasteiger partial charge in [-0.05, 0) is 4.57 Å². The Balaban J connectivity index is 3.32. The van der Waals surface area contributed by atoms with E-state index >= 15 is 0 Å². The quantitative estimate of drug-likeness (QED) is 0.359. The summed E-state index contributed by atoms with van der Waals surface area (Å²) < 4.78 is 9.85. The Bertz CT molecular complexity index is 91.9. The Morgan fingerprint density at radius 2 is 2.29 bits per heavy atom. The number of carbonyl (C=O) groups is 1. The third kappa shape index (κ3) is 5.72. The number of thiol groups is 1. The van der Waals surface area contributed by atoms with Gasteiger partial charge in [-0.3, -0.25) is 0 Å². The highest BCUT2D eigenvalue weighted by Gasteiger charge is 2.08. The van der Waals surface area contributed by atoms with Gasteiger partial charge in [-0.2, -0.15) is 0 Å². The molecule has 0 radical (unpaired) electrons. The maximum Gasteiger partial charge on any atom is 0.536 e. The lowest BCUT2D eigenvalue weighted by Crippen LogP contribution is -2.21. The van der Waals surface area contributed by atoms with Crippen molar-refractivity contribution in [1.82, 2.24) is 5.09 Å². The Labute approximate surface area is 46.5 Å². The van der Waals surface area contributed by atoms with E-state index in [1.165, 1.54) is 0 Å². The van der Waals surface area contributed by atoms with Crippen molar-refractivity contribution in [3.63, 3.8) is 0 Å². The van der Waals surface area contributed by atoms with E-state index in [0.717, 1.165) is 0 Å². The minimum absolute atomic E-state index is 0.823. The second kappa shape index (κ2) is 2.82. The largest absolute Gasteiger partial charge is 0.536 e. The van der Waals surface area contributed by atoms with Gasteiger partial charge in [0.25, 0.3) is 0 Å². The van der Waals surface area contributed by atoms with Crippen LogP contribution in [-0.2, 0) is 4.57 Å². The lowest BCUT2D eigenvalue weighted by atomic mass is 11.2. The molecule has 0 rings (SSSR count). The van der Waals surface area contributed by atoms with Gasteiger partial charge in [0.1, 0.15) is 12.2 Å². The molecule has 3 N–H and O–H groups in total. The summed E-state index contributed by atoms with van der Waals surface area (Å²) in [5.41, 5.74) is 4.51. The Kier molecular flexibility index (Phi) is 2.71. The van der Waals surface area contributed by atoms with Crippen LogP contribution in [0.1, 0.15) is 0 Å². The number of carbonyl (C=O) groups excluding carboxylic acids is 1. The van der Waals surface area contributed by atoms with Crippen LogP contribution in [-0.4, -0.2) is 6.03 Å². The number of hydrogen-bond acceptors (Lipinski definition) is 2. The summed E-state index contributed by atoms with van der Waals surface area (Å²) >= 11 is 3.33. The van der Waals surface area contributed by atoms with Crippen molar-refractivity contribution in [2.75, 3.05) is 0 Å². The number of rotatable bonds is 1. The van der Waals surface area contributed by atoms with Crippen LogP contribution in [0.25, 0.3) is 0 Å². The van der Waals surface area contributed by atoms with E-state index < -0.39 is 13.2 Å². The molecule has 4 nitrogen and oxygen atoms in total. The standard InChI is InChI=1S/CH3N2O2PS/c2-1(4)3-6(5)7/h(H3-,2,3,4,5,7)/p+1. The van der Waals surface area contributed by atoms with Crippen LogP contribution >= 0.6 is 19.4 Å². The molecule has 0 saturated heterocycles. The molecule has 0 aromatic rings. The van der Waals surface area contributed by atoms with Crippen molar-refractivity contribution in [1.29, 1.82) is 0 Å². The topological polar surface area (TPSA) is 72.2 Å². The van der Waals surface area contributed by atoms with E-state index in [-0.39, 0.29) is 0 Å². The lowest BCUT2D eigenvalue weighted by Gasteiger charge is -1.75. The molecule has 0 fully saturated rings. The third-order valence-corrected chi connectivity index (χ3v) is 0.918. The van der Waals surface area contributed by atoms with E-state index in [1.54, 1.807) is 0 Å². The van der Waals surface area contributed by atoms with Crippen LogP contribution in [0, 0.1) is 0 Å². The van der Waals surface area contributed by atoms with Crippen LogP contribution in [0.4, 0.5) is 4.79 Å². The molecule has 0 bridgehead atoms. The van der Waals surface area contributed by atoms with Crippen molar-refractivity contribution in [3.8, 4) is 0 Å².